The third kappa shape index (κ3) is 3.21. The highest BCUT2D eigenvalue weighted by Gasteiger charge is 2.30. The normalized spacial score (nSPS) is 22.6. The molecule has 6 rings (SSSR count). The molecule has 0 spiro atoms. The van der Waals surface area contributed by atoms with Crippen molar-refractivity contribution in [2.45, 2.75) is 45.6 Å². The Bertz CT molecular complexity index is 1200. The predicted octanol–water partition coefficient (Wildman–Crippen LogP) is 5.43. The predicted molar refractivity (Wildman–Crippen MR) is 121 cm³/mol. The van der Waals surface area contributed by atoms with Crippen molar-refractivity contribution in [3.63, 3.8) is 0 Å². The van der Waals surface area contributed by atoms with Crippen molar-refractivity contribution in [3.8, 4) is 11.3 Å². The maximum Gasteiger partial charge on any atom is 0.178 e. The van der Waals surface area contributed by atoms with E-state index in [1.165, 1.54) is 61.7 Å². The van der Waals surface area contributed by atoms with Crippen molar-refractivity contribution in [1.82, 2.24) is 24.8 Å². The number of hydrogen-bond donors (Lipinski definition) is 2. The third-order valence-electron chi connectivity index (χ3n) is 7.27. The number of likely N-dealkylation sites (tertiary alicyclic amines) is 1. The fourth-order valence-corrected chi connectivity index (χ4v) is 5.75. The zero-order valence-corrected chi connectivity index (χ0v) is 17.6. The Morgan fingerprint density at radius 2 is 1.93 bits per heavy atom. The van der Waals surface area contributed by atoms with Crippen molar-refractivity contribution < 1.29 is 0 Å². The van der Waals surface area contributed by atoms with Crippen LogP contribution >= 0.6 is 0 Å². The molecule has 2 fully saturated rings. The van der Waals surface area contributed by atoms with Gasteiger partial charge < -0.3 is 9.97 Å². The second-order valence-electron chi connectivity index (χ2n) is 9.31. The van der Waals surface area contributed by atoms with E-state index in [-0.39, 0.29) is 0 Å². The van der Waals surface area contributed by atoms with E-state index in [1.54, 1.807) is 0 Å². The molecule has 2 aliphatic rings. The summed E-state index contributed by atoms with van der Waals surface area (Å²) in [6.07, 6.45) is 9.02. The van der Waals surface area contributed by atoms with Crippen molar-refractivity contribution in [2.24, 2.45) is 11.8 Å². The molecule has 4 heterocycles. The summed E-state index contributed by atoms with van der Waals surface area (Å²) >= 11 is 0. The Labute approximate surface area is 176 Å². The molecule has 1 aromatic carbocycles. The van der Waals surface area contributed by atoms with Gasteiger partial charge in [0.05, 0.1) is 5.52 Å². The van der Waals surface area contributed by atoms with Gasteiger partial charge in [0.2, 0.25) is 0 Å². The zero-order valence-electron chi connectivity index (χ0n) is 17.6. The lowest BCUT2D eigenvalue weighted by molar-refractivity contribution is 0.0821. The van der Waals surface area contributed by atoms with Crippen LogP contribution in [-0.4, -0.2) is 37.9 Å². The van der Waals surface area contributed by atoms with Gasteiger partial charge in [-0.15, -0.1) is 0 Å². The van der Waals surface area contributed by atoms with Crippen molar-refractivity contribution in [1.29, 1.82) is 0 Å². The number of imidazole rings is 1. The van der Waals surface area contributed by atoms with Crippen LogP contribution in [0, 0.1) is 18.8 Å². The average Bonchev–Trinajstić information content (AvgIpc) is 3.35. The van der Waals surface area contributed by atoms with Crippen LogP contribution in [0.2, 0.25) is 0 Å². The van der Waals surface area contributed by atoms with Crippen LogP contribution in [0.25, 0.3) is 33.3 Å². The van der Waals surface area contributed by atoms with E-state index in [0.717, 1.165) is 46.6 Å². The van der Waals surface area contributed by atoms with Crippen molar-refractivity contribution in [2.75, 3.05) is 13.1 Å². The molecule has 2 N–H and O–H groups in total. The van der Waals surface area contributed by atoms with Gasteiger partial charge in [0, 0.05) is 41.4 Å². The van der Waals surface area contributed by atoms with Crippen LogP contribution < -0.4 is 0 Å². The van der Waals surface area contributed by atoms with Gasteiger partial charge in [-0.3, -0.25) is 4.90 Å². The van der Waals surface area contributed by atoms with E-state index < -0.39 is 0 Å². The van der Waals surface area contributed by atoms with Gasteiger partial charge in [-0.2, -0.15) is 0 Å². The first-order valence-electron chi connectivity index (χ1n) is 11.4. The maximum atomic E-state index is 4.47. The number of nitrogens with one attached hydrogen (secondary N) is 2. The molecule has 0 bridgehead atoms. The van der Waals surface area contributed by atoms with E-state index in [9.17, 15) is 0 Å². The molecule has 1 aliphatic carbocycles. The molecule has 3 aromatic heterocycles. The van der Waals surface area contributed by atoms with Gasteiger partial charge in [-0.25, -0.2) is 9.97 Å². The molecule has 1 aliphatic heterocycles. The molecule has 0 unspecified atom stereocenters. The number of nitrogens with zero attached hydrogens (tertiary/aromatic N) is 3. The summed E-state index contributed by atoms with van der Waals surface area (Å²) in [5.74, 6) is 2.82. The summed E-state index contributed by atoms with van der Waals surface area (Å²) < 4.78 is 0. The molecular weight excluding hydrogens is 370 g/mol. The monoisotopic (exact) mass is 399 g/mol. The van der Waals surface area contributed by atoms with Gasteiger partial charge in [0.25, 0.3) is 0 Å². The van der Waals surface area contributed by atoms with E-state index in [1.807, 2.05) is 13.1 Å². The van der Waals surface area contributed by atoms with E-state index in [4.69, 9.17) is 0 Å². The Morgan fingerprint density at radius 3 is 2.87 bits per heavy atom. The summed E-state index contributed by atoms with van der Waals surface area (Å²) in [6, 6.07) is 11.2. The molecule has 1 saturated carbocycles. The first-order valence-corrected chi connectivity index (χ1v) is 11.4. The van der Waals surface area contributed by atoms with Gasteiger partial charge in [-0.1, -0.05) is 25.3 Å². The highest BCUT2D eigenvalue weighted by molar-refractivity contribution is 5.94. The van der Waals surface area contributed by atoms with Crippen molar-refractivity contribution in [3.05, 3.63) is 47.9 Å². The number of H-pyrrole nitrogens is 2. The van der Waals surface area contributed by atoms with Gasteiger partial charge >= 0.3 is 0 Å². The molecule has 4 aromatic rings. The number of aryl methyl sites for hydroxylation is 1. The smallest absolute Gasteiger partial charge is 0.178 e. The van der Waals surface area contributed by atoms with Gasteiger partial charge in [0.1, 0.15) is 5.82 Å². The minimum absolute atomic E-state index is 0.774. The largest absolute Gasteiger partial charge is 0.354 e. The lowest BCUT2D eigenvalue weighted by Gasteiger charge is -2.41. The highest BCUT2D eigenvalue weighted by Crippen LogP contribution is 2.36. The Hall–Kier alpha value is -2.66. The van der Waals surface area contributed by atoms with Crippen LogP contribution in [0.3, 0.4) is 0 Å². The Kier molecular flexibility index (Phi) is 4.38. The number of aromatic nitrogens is 4. The molecule has 5 heteroatoms. The highest BCUT2D eigenvalue weighted by atomic mass is 15.1. The zero-order chi connectivity index (χ0) is 20.1. The molecule has 2 atom stereocenters. The Balaban J connectivity index is 1.26. The number of fused-ring (bicyclic) bond motifs is 3. The number of hydrogen-bond acceptors (Lipinski definition) is 3. The summed E-state index contributed by atoms with van der Waals surface area (Å²) in [5.41, 5.74) is 6.60. The van der Waals surface area contributed by atoms with Crippen LogP contribution in [0.15, 0.2) is 36.5 Å². The van der Waals surface area contributed by atoms with E-state index in [0.29, 0.717) is 0 Å². The second kappa shape index (κ2) is 7.24. The maximum absolute atomic E-state index is 4.47. The van der Waals surface area contributed by atoms with Crippen LogP contribution in [0.1, 0.15) is 43.5 Å². The van der Waals surface area contributed by atoms with Crippen molar-refractivity contribution >= 4 is 22.1 Å². The minimum Gasteiger partial charge on any atom is -0.354 e. The number of benzene rings is 1. The first kappa shape index (κ1) is 18.1. The first-order chi connectivity index (χ1) is 14.7. The summed E-state index contributed by atoms with van der Waals surface area (Å²) in [4.78, 5) is 18.5. The fraction of sp³-hybridized carbons (Fsp3) is 0.440. The van der Waals surface area contributed by atoms with Crippen LogP contribution in [0.5, 0.6) is 0 Å². The quantitative estimate of drug-likeness (QED) is 0.483. The molecule has 1 saturated heterocycles. The van der Waals surface area contributed by atoms with Gasteiger partial charge in [0.15, 0.2) is 5.65 Å². The Morgan fingerprint density at radius 1 is 1.03 bits per heavy atom. The van der Waals surface area contributed by atoms with Crippen LogP contribution in [-0.2, 0) is 6.54 Å². The fourth-order valence-electron chi connectivity index (χ4n) is 5.75. The minimum atomic E-state index is 0.774. The van der Waals surface area contributed by atoms with Gasteiger partial charge in [-0.05, 0) is 68.0 Å². The third-order valence-corrected chi connectivity index (χ3v) is 7.27. The standard InChI is InChI=1S/C25H29N5/c1-16-27-24-21(8-10-26-25(24)28-16)23-13-20-12-17(6-7-22(20)29-23)14-30-11-9-18-4-2-3-5-19(18)15-30/h6-8,10,12-13,18-19,29H,2-5,9,11,14-15H2,1H3,(H,26,27,28)/t18-,19-/m0/s1. The lowest BCUT2D eigenvalue weighted by Crippen LogP contribution is -2.41. The topological polar surface area (TPSA) is 60.6 Å². The summed E-state index contributed by atoms with van der Waals surface area (Å²) in [7, 11) is 0. The summed E-state index contributed by atoms with van der Waals surface area (Å²) in [5, 5.41) is 1.27. The number of piperidine rings is 1. The van der Waals surface area contributed by atoms with Crippen LogP contribution in [0.4, 0.5) is 0 Å². The second-order valence-corrected chi connectivity index (χ2v) is 9.31. The van der Waals surface area contributed by atoms with E-state index in [2.05, 4.69) is 55.2 Å². The molecule has 0 radical (unpaired) electrons. The molecule has 154 valence electrons. The molecule has 0 amide bonds. The number of pyridine rings is 1. The molecule has 30 heavy (non-hydrogen) atoms. The summed E-state index contributed by atoms with van der Waals surface area (Å²) in [6.45, 7) is 5.58. The lowest BCUT2D eigenvalue weighted by atomic mass is 9.75. The SMILES string of the molecule is Cc1nc2nccc(-c3cc4cc(CN5CC[C@@H]6CCCC[C@H]6C5)ccc4[nH]3)c2[nH]1. The average molecular weight is 400 g/mol. The van der Waals surface area contributed by atoms with E-state index >= 15 is 0 Å². The molecular formula is C25H29N5. The number of aromatic amines is 2. The molecule has 5 nitrogen and oxygen atoms in total. The number of rotatable bonds is 3.